The van der Waals surface area contributed by atoms with Crippen LogP contribution >= 0.6 is 22.7 Å². The van der Waals surface area contributed by atoms with Crippen LogP contribution in [-0.2, 0) is 16.6 Å². The second-order valence-corrected chi connectivity index (χ2v) is 11.2. The predicted molar refractivity (Wildman–Crippen MR) is 117 cm³/mol. The van der Waals surface area contributed by atoms with E-state index in [0.29, 0.717) is 5.82 Å². The topological polar surface area (TPSA) is 88.1 Å². The fourth-order valence-electron chi connectivity index (χ4n) is 3.29. The van der Waals surface area contributed by atoms with Crippen molar-refractivity contribution < 1.29 is 8.42 Å². The Kier molecular flexibility index (Phi) is 5.95. The SMILES string of the molecule is Cc1cc(N2CCCCC2)nc(CNS(=O)(=O)c2ccc(-c3csc(C)n3)s2)n1. The Morgan fingerprint density at radius 1 is 1.10 bits per heavy atom. The highest BCUT2D eigenvalue weighted by atomic mass is 32.2. The molecule has 3 aromatic heterocycles. The van der Waals surface area contributed by atoms with Crippen LogP contribution in [0.15, 0.2) is 27.8 Å². The fraction of sp³-hybridized carbons (Fsp3) is 0.421. The molecule has 7 nitrogen and oxygen atoms in total. The molecule has 4 heterocycles. The third kappa shape index (κ3) is 4.82. The van der Waals surface area contributed by atoms with Crippen LogP contribution in [0.25, 0.3) is 10.6 Å². The maximum atomic E-state index is 12.7. The van der Waals surface area contributed by atoms with Gasteiger partial charge in [0.2, 0.25) is 10.0 Å². The number of hydrogen-bond donors (Lipinski definition) is 1. The third-order valence-corrected chi connectivity index (χ3v) is 8.48. The van der Waals surface area contributed by atoms with Crippen LogP contribution in [0.3, 0.4) is 0 Å². The first-order valence-electron chi connectivity index (χ1n) is 9.52. The smallest absolute Gasteiger partial charge is 0.250 e. The molecule has 154 valence electrons. The van der Waals surface area contributed by atoms with E-state index in [1.165, 1.54) is 17.8 Å². The molecule has 0 bridgehead atoms. The zero-order valence-electron chi connectivity index (χ0n) is 16.4. The summed E-state index contributed by atoms with van der Waals surface area (Å²) in [7, 11) is -3.64. The minimum absolute atomic E-state index is 0.0634. The number of rotatable bonds is 6. The number of piperidine rings is 1. The lowest BCUT2D eigenvalue weighted by Gasteiger charge is -2.28. The highest BCUT2D eigenvalue weighted by molar-refractivity contribution is 7.91. The highest BCUT2D eigenvalue weighted by Crippen LogP contribution is 2.31. The van der Waals surface area contributed by atoms with Gasteiger partial charge in [-0.05, 0) is 45.2 Å². The molecule has 0 unspecified atom stereocenters. The van der Waals surface area contributed by atoms with E-state index in [1.807, 2.05) is 25.3 Å². The maximum absolute atomic E-state index is 12.7. The number of aromatic nitrogens is 3. The average Bonchev–Trinajstić information content (AvgIpc) is 3.36. The van der Waals surface area contributed by atoms with Crippen molar-refractivity contribution in [1.82, 2.24) is 19.7 Å². The van der Waals surface area contributed by atoms with Crippen molar-refractivity contribution in [2.75, 3.05) is 18.0 Å². The number of hydrogen-bond acceptors (Lipinski definition) is 8. The zero-order valence-corrected chi connectivity index (χ0v) is 18.8. The number of thiophene rings is 1. The molecular formula is C19H23N5O2S3. The molecule has 1 saturated heterocycles. The first-order chi connectivity index (χ1) is 13.9. The van der Waals surface area contributed by atoms with Crippen molar-refractivity contribution in [2.24, 2.45) is 0 Å². The van der Waals surface area contributed by atoms with Crippen molar-refractivity contribution in [3.8, 4) is 10.6 Å². The summed E-state index contributed by atoms with van der Waals surface area (Å²) in [6, 6.07) is 5.38. The number of aryl methyl sites for hydroxylation is 2. The minimum atomic E-state index is -3.64. The molecule has 0 spiro atoms. The van der Waals surface area contributed by atoms with E-state index in [-0.39, 0.29) is 10.8 Å². The van der Waals surface area contributed by atoms with Crippen LogP contribution in [0.4, 0.5) is 5.82 Å². The van der Waals surface area contributed by atoms with Crippen molar-refractivity contribution >= 4 is 38.5 Å². The maximum Gasteiger partial charge on any atom is 0.250 e. The van der Waals surface area contributed by atoms with E-state index in [1.54, 1.807) is 23.5 Å². The van der Waals surface area contributed by atoms with Crippen LogP contribution in [0.2, 0.25) is 0 Å². The molecule has 0 amide bonds. The molecule has 1 fully saturated rings. The van der Waals surface area contributed by atoms with Gasteiger partial charge < -0.3 is 4.90 Å². The van der Waals surface area contributed by atoms with Crippen LogP contribution < -0.4 is 9.62 Å². The van der Waals surface area contributed by atoms with Crippen molar-refractivity contribution in [3.05, 3.63) is 40.1 Å². The normalized spacial score (nSPS) is 15.0. The molecule has 0 aliphatic carbocycles. The largest absolute Gasteiger partial charge is 0.357 e. The van der Waals surface area contributed by atoms with Crippen molar-refractivity contribution in [2.45, 2.75) is 43.9 Å². The molecule has 0 saturated carbocycles. The number of sulfonamides is 1. The Morgan fingerprint density at radius 2 is 1.90 bits per heavy atom. The summed E-state index contributed by atoms with van der Waals surface area (Å²) in [4.78, 5) is 16.5. The van der Waals surface area contributed by atoms with Crippen molar-refractivity contribution in [1.29, 1.82) is 0 Å². The van der Waals surface area contributed by atoms with Gasteiger partial charge in [0, 0.05) is 30.2 Å². The Hall–Kier alpha value is -1.88. The number of thiazole rings is 1. The van der Waals surface area contributed by atoms with Gasteiger partial charge in [-0.15, -0.1) is 22.7 Å². The van der Waals surface area contributed by atoms with Gasteiger partial charge in [0.25, 0.3) is 0 Å². The molecule has 1 aliphatic heterocycles. The first kappa shape index (κ1) is 20.4. The molecule has 3 aromatic rings. The Labute approximate surface area is 178 Å². The summed E-state index contributed by atoms with van der Waals surface area (Å²) < 4.78 is 28.4. The summed E-state index contributed by atoms with van der Waals surface area (Å²) in [5, 5.41) is 2.89. The van der Waals surface area contributed by atoms with Gasteiger partial charge in [0.1, 0.15) is 15.9 Å². The van der Waals surface area contributed by atoms with E-state index < -0.39 is 10.0 Å². The van der Waals surface area contributed by atoms with Gasteiger partial charge in [-0.2, -0.15) is 0 Å². The fourth-order valence-corrected chi connectivity index (χ4v) is 6.26. The molecule has 29 heavy (non-hydrogen) atoms. The van der Waals surface area contributed by atoms with Crippen LogP contribution in [0, 0.1) is 13.8 Å². The second kappa shape index (κ2) is 8.47. The summed E-state index contributed by atoms with van der Waals surface area (Å²) in [5.41, 5.74) is 1.65. The number of anilines is 1. The Morgan fingerprint density at radius 3 is 2.62 bits per heavy atom. The van der Waals surface area contributed by atoms with Gasteiger partial charge in [-0.3, -0.25) is 0 Å². The van der Waals surface area contributed by atoms with Gasteiger partial charge in [-0.1, -0.05) is 0 Å². The first-order valence-corrected chi connectivity index (χ1v) is 12.7. The second-order valence-electron chi connectivity index (χ2n) is 7.03. The van der Waals surface area contributed by atoms with Crippen molar-refractivity contribution in [3.63, 3.8) is 0 Å². The summed E-state index contributed by atoms with van der Waals surface area (Å²) in [5.74, 6) is 1.37. The third-order valence-electron chi connectivity index (χ3n) is 4.71. The van der Waals surface area contributed by atoms with Gasteiger partial charge in [0.15, 0.2) is 0 Å². The standard InChI is InChI=1S/C19H23N5O2S3/c1-13-10-18(24-8-4-3-5-9-24)23-17(21-13)11-20-29(25,26)19-7-6-16(28-19)15-12-27-14(2)22-15/h6-7,10,12,20H,3-5,8-9,11H2,1-2H3. The van der Waals surface area contributed by atoms with Gasteiger partial charge in [0.05, 0.1) is 22.1 Å². The van der Waals surface area contributed by atoms with E-state index in [4.69, 9.17) is 0 Å². The van der Waals surface area contributed by atoms with E-state index in [2.05, 4.69) is 24.6 Å². The lowest BCUT2D eigenvalue weighted by atomic mass is 10.1. The average molecular weight is 450 g/mol. The molecule has 0 atom stereocenters. The molecule has 0 radical (unpaired) electrons. The Bertz CT molecular complexity index is 1100. The van der Waals surface area contributed by atoms with Crippen LogP contribution in [0.5, 0.6) is 0 Å². The molecule has 4 rings (SSSR count). The quantitative estimate of drug-likeness (QED) is 0.617. The van der Waals surface area contributed by atoms with Gasteiger partial charge in [-0.25, -0.2) is 28.1 Å². The number of nitrogens with zero attached hydrogens (tertiary/aromatic N) is 4. The Balaban J connectivity index is 1.48. The highest BCUT2D eigenvalue weighted by Gasteiger charge is 2.19. The predicted octanol–water partition coefficient (Wildman–Crippen LogP) is 3.75. The van der Waals surface area contributed by atoms with Crippen LogP contribution in [0.1, 0.15) is 35.8 Å². The zero-order chi connectivity index (χ0) is 20.4. The van der Waals surface area contributed by atoms with E-state index >= 15 is 0 Å². The molecular weight excluding hydrogens is 426 g/mol. The molecule has 0 aromatic carbocycles. The summed E-state index contributed by atoms with van der Waals surface area (Å²) in [6.07, 6.45) is 3.56. The lowest BCUT2D eigenvalue weighted by Crippen LogP contribution is -2.31. The summed E-state index contributed by atoms with van der Waals surface area (Å²) >= 11 is 2.76. The van der Waals surface area contributed by atoms with E-state index in [9.17, 15) is 8.42 Å². The molecule has 1 aliphatic rings. The summed E-state index contributed by atoms with van der Waals surface area (Å²) in [6.45, 7) is 5.87. The van der Waals surface area contributed by atoms with E-state index in [0.717, 1.165) is 53.0 Å². The monoisotopic (exact) mass is 449 g/mol. The molecule has 10 heteroatoms. The van der Waals surface area contributed by atoms with Crippen LogP contribution in [-0.4, -0.2) is 36.5 Å². The van der Waals surface area contributed by atoms with Gasteiger partial charge >= 0.3 is 0 Å². The minimum Gasteiger partial charge on any atom is -0.357 e. The number of nitrogens with one attached hydrogen (secondary N) is 1. The molecule has 1 N–H and O–H groups in total. The lowest BCUT2D eigenvalue weighted by molar-refractivity contribution is 0.569.